The molecule has 0 saturated heterocycles. The largest absolute Gasteiger partial charge is 0.496 e. The third-order valence-corrected chi connectivity index (χ3v) is 3.30. The van der Waals surface area contributed by atoms with E-state index in [-0.39, 0.29) is 0 Å². The fourth-order valence-corrected chi connectivity index (χ4v) is 2.13. The number of rotatable bonds is 6. The quantitative estimate of drug-likeness (QED) is 0.798. The molecule has 3 nitrogen and oxygen atoms in total. The second-order valence-electron chi connectivity index (χ2n) is 3.26. The monoisotopic (exact) mass is 351 g/mol. The normalized spacial score (nSPS) is 10.2. The topological polar surface area (TPSA) is 44.5 Å². The fourth-order valence-electron chi connectivity index (χ4n) is 1.21. The Balaban J connectivity index is 2.63. The van der Waals surface area contributed by atoms with Crippen molar-refractivity contribution in [2.45, 2.75) is 12.8 Å². The Morgan fingerprint density at radius 1 is 1.12 bits per heavy atom. The van der Waals surface area contributed by atoms with Crippen molar-refractivity contribution >= 4 is 31.9 Å². The first-order valence-electron chi connectivity index (χ1n) is 5.05. The van der Waals surface area contributed by atoms with E-state index in [1.54, 1.807) is 7.11 Å². The van der Waals surface area contributed by atoms with Crippen molar-refractivity contribution in [1.29, 1.82) is 0 Å². The maximum Gasteiger partial charge on any atom is 0.134 e. The molecule has 0 unspecified atom stereocenters. The van der Waals surface area contributed by atoms with Gasteiger partial charge in [-0.15, -0.1) is 0 Å². The van der Waals surface area contributed by atoms with Crippen molar-refractivity contribution in [3.05, 3.63) is 21.1 Å². The third kappa shape index (κ3) is 3.96. The number of unbranched alkanes of at least 4 members (excludes halogenated alkanes) is 1. The van der Waals surface area contributed by atoms with Gasteiger partial charge in [0.05, 0.1) is 22.7 Å². The summed E-state index contributed by atoms with van der Waals surface area (Å²) in [6.45, 7) is 1.38. The Labute approximate surface area is 113 Å². The molecule has 0 bridgehead atoms. The lowest BCUT2D eigenvalue weighted by atomic mass is 10.3. The molecule has 1 aromatic rings. The summed E-state index contributed by atoms with van der Waals surface area (Å²) in [7, 11) is 1.63. The van der Waals surface area contributed by atoms with Gasteiger partial charge in [0.1, 0.15) is 11.5 Å². The molecule has 0 fully saturated rings. The molecular formula is C11H15Br2NO2. The van der Waals surface area contributed by atoms with Crippen LogP contribution in [0, 0.1) is 0 Å². The van der Waals surface area contributed by atoms with Gasteiger partial charge in [-0.05, 0) is 63.4 Å². The summed E-state index contributed by atoms with van der Waals surface area (Å²) in [5.41, 5.74) is 5.41. The van der Waals surface area contributed by atoms with Crippen LogP contribution in [0.25, 0.3) is 0 Å². The predicted octanol–water partition coefficient (Wildman–Crippen LogP) is 3.34. The Hall–Kier alpha value is -0.260. The van der Waals surface area contributed by atoms with E-state index < -0.39 is 0 Å². The summed E-state index contributed by atoms with van der Waals surface area (Å²) in [4.78, 5) is 0. The first-order chi connectivity index (χ1) is 7.69. The van der Waals surface area contributed by atoms with Crippen LogP contribution >= 0.6 is 31.9 Å². The number of nitrogens with two attached hydrogens (primary N) is 1. The standard InChI is InChI=1S/C11H15Br2NO2/c1-15-10-6-9(13)11(7-8(10)12)16-5-3-2-4-14/h6-7H,2-5,14H2,1H3. The van der Waals surface area contributed by atoms with Gasteiger partial charge in [-0.1, -0.05) is 0 Å². The maximum atomic E-state index is 5.63. The molecule has 2 N–H and O–H groups in total. The molecule has 0 amide bonds. The van der Waals surface area contributed by atoms with Gasteiger partial charge >= 0.3 is 0 Å². The van der Waals surface area contributed by atoms with E-state index in [0.29, 0.717) is 13.2 Å². The molecule has 0 radical (unpaired) electrons. The van der Waals surface area contributed by atoms with Crippen LogP contribution < -0.4 is 15.2 Å². The number of ether oxygens (including phenoxy) is 2. The van der Waals surface area contributed by atoms with Gasteiger partial charge in [0.25, 0.3) is 0 Å². The van der Waals surface area contributed by atoms with E-state index in [2.05, 4.69) is 31.9 Å². The van der Waals surface area contributed by atoms with E-state index in [9.17, 15) is 0 Å². The second-order valence-corrected chi connectivity index (χ2v) is 4.97. The predicted molar refractivity (Wildman–Crippen MR) is 72.2 cm³/mol. The summed E-state index contributed by atoms with van der Waals surface area (Å²) >= 11 is 6.86. The van der Waals surface area contributed by atoms with Crippen LogP contribution in [0.2, 0.25) is 0 Å². The zero-order valence-electron chi connectivity index (χ0n) is 9.13. The van der Waals surface area contributed by atoms with Crippen LogP contribution in [0.4, 0.5) is 0 Å². The highest BCUT2D eigenvalue weighted by molar-refractivity contribution is 9.11. The Morgan fingerprint density at radius 2 is 1.75 bits per heavy atom. The van der Waals surface area contributed by atoms with Gasteiger partial charge in [-0.2, -0.15) is 0 Å². The number of methoxy groups -OCH3 is 1. The first kappa shape index (κ1) is 13.8. The molecule has 0 aliphatic carbocycles. The van der Waals surface area contributed by atoms with Crippen LogP contribution in [0.5, 0.6) is 11.5 Å². The Kier molecular flexibility index (Phi) is 6.16. The van der Waals surface area contributed by atoms with Crippen molar-refractivity contribution in [3.63, 3.8) is 0 Å². The van der Waals surface area contributed by atoms with E-state index in [4.69, 9.17) is 15.2 Å². The van der Waals surface area contributed by atoms with Crippen LogP contribution in [0.1, 0.15) is 12.8 Å². The fraction of sp³-hybridized carbons (Fsp3) is 0.455. The van der Waals surface area contributed by atoms with Crippen LogP contribution in [-0.4, -0.2) is 20.3 Å². The van der Waals surface area contributed by atoms with Crippen molar-refractivity contribution in [3.8, 4) is 11.5 Å². The molecule has 0 heterocycles. The van der Waals surface area contributed by atoms with Crippen LogP contribution in [0.15, 0.2) is 21.1 Å². The molecule has 90 valence electrons. The molecule has 0 aliphatic heterocycles. The van der Waals surface area contributed by atoms with E-state index in [1.165, 1.54) is 0 Å². The van der Waals surface area contributed by atoms with Gasteiger partial charge in [0.15, 0.2) is 0 Å². The average Bonchev–Trinajstić information content (AvgIpc) is 2.28. The van der Waals surface area contributed by atoms with Crippen molar-refractivity contribution in [1.82, 2.24) is 0 Å². The number of hydrogen-bond acceptors (Lipinski definition) is 3. The molecule has 0 spiro atoms. The summed E-state index contributed by atoms with van der Waals surface area (Å²) < 4.78 is 12.6. The van der Waals surface area contributed by atoms with Gasteiger partial charge in [-0.3, -0.25) is 0 Å². The minimum atomic E-state index is 0.675. The molecule has 0 saturated carbocycles. The second kappa shape index (κ2) is 7.14. The number of benzene rings is 1. The van der Waals surface area contributed by atoms with E-state index in [1.807, 2.05) is 12.1 Å². The van der Waals surface area contributed by atoms with Gasteiger partial charge in [0, 0.05) is 0 Å². The molecule has 0 aromatic heterocycles. The van der Waals surface area contributed by atoms with Crippen molar-refractivity contribution in [2.75, 3.05) is 20.3 Å². The minimum absolute atomic E-state index is 0.675. The number of hydrogen-bond donors (Lipinski definition) is 1. The van der Waals surface area contributed by atoms with Crippen molar-refractivity contribution in [2.24, 2.45) is 5.73 Å². The summed E-state index contributed by atoms with van der Waals surface area (Å²) in [5.74, 6) is 1.59. The lowest BCUT2D eigenvalue weighted by Crippen LogP contribution is -2.03. The van der Waals surface area contributed by atoms with E-state index in [0.717, 1.165) is 33.3 Å². The van der Waals surface area contributed by atoms with Gasteiger partial charge < -0.3 is 15.2 Å². The lowest BCUT2D eigenvalue weighted by Gasteiger charge is -2.10. The zero-order chi connectivity index (χ0) is 12.0. The Bertz CT molecular complexity index is 345. The molecular weight excluding hydrogens is 338 g/mol. The zero-order valence-corrected chi connectivity index (χ0v) is 12.3. The molecule has 5 heteroatoms. The highest BCUT2D eigenvalue weighted by Crippen LogP contribution is 2.35. The molecule has 0 atom stereocenters. The average molecular weight is 353 g/mol. The molecule has 16 heavy (non-hydrogen) atoms. The van der Waals surface area contributed by atoms with Gasteiger partial charge in [-0.25, -0.2) is 0 Å². The lowest BCUT2D eigenvalue weighted by molar-refractivity contribution is 0.305. The minimum Gasteiger partial charge on any atom is -0.496 e. The highest BCUT2D eigenvalue weighted by atomic mass is 79.9. The highest BCUT2D eigenvalue weighted by Gasteiger charge is 2.07. The van der Waals surface area contributed by atoms with E-state index >= 15 is 0 Å². The first-order valence-corrected chi connectivity index (χ1v) is 6.63. The summed E-state index contributed by atoms with van der Waals surface area (Å²) in [5, 5.41) is 0. The van der Waals surface area contributed by atoms with Crippen LogP contribution in [-0.2, 0) is 0 Å². The number of halogens is 2. The third-order valence-electron chi connectivity index (χ3n) is 2.06. The summed E-state index contributed by atoms with van der Waals surface area (Å²) in [6, 6.07) is 3.77. The molecule has 0 aliphatic rings. The summed E-state index contributed by atoms with van der Waals surface area (Å²) in [6.07, 6.45) is 1.95. The SMILES string of the molecule is COc1cc(Br)c(OCCCCN)cc1Br. The van der Waals surface area contributed by atoms with Gasteiger partial charge in [0.2, 0.25) is 0 Å². The smallest absolute Gasteiger partial charge is 0.134 e. The molecule has 1 rings (SSSR count). The Morgan fingerprint density at radius 3 is 2.38 bits per heavy atom. The van der Waals surface area contributed by atoms with Crippen molar-refractivity contribution < 1.29 is 9.47 Å². The maximum absolute atomic E-state index is 5.63. The van der Waals surface area contributed by atoms with Crippen LogP contribution in [0.3, 0.4) is 0 Å². The molecule has 1 aromatic carbocycles.